The van der Waals surface area contributed by atoms with Gasteiger partial charge in [0.2, 0.25) is 0 Å². The maximum absolute atomic E-state index is 12.7. The standard InChI is InChI=1S/C16H24N2O/c1-12-10-13(2)18(11-12)16(19)15-7-5-4-6-14(15)8-9-17-3/h4-7,12-13,17H,8-11H2,1-3H3. The predicted octanol–water partition coefficient (Wildman–Crippen LogP) is 2.32. The van der Waals surface area contributed by atoms with Gasteiger partial charge in [-0.15, -0.1) is 0 Å². The van der Waals surface area contributed by atoms with E-state index in [0.717, 1.165) is 37.1 Å². The molecular weight excluding hydrogens is 236 g/mol. The monoisotopic (exact) mass is 260 g/mol. The average molecular weight is 260 g/mol. The maximum Gasteiger partial charge on any atom is 0.254 e. The number of likely N-dealkylation sites (tertiary alicyclic amines) is 1. The summed E-state index contributed by atoms with van der Waals surface area (Å²) in [7, 11) is 1.94. The lowest BCUT2D eigenvalue weighted by Gasteiger charge is -2.23. The summed E-state index contributed by atoms with van der Waals surface area (Å²) in [6.07, 6.45) is 2.01. The minimum absolute atomic E-state index is 0.198. The minimum Gasteiger partial charge on any atom is -0.336 e. The van der Waals surface area contributed by atoms with Crippen LogP contribution in [0.3, 0.4) is 0 Å². The molecule has 1 fully saturated rings. The van der Waals surface area contributed by atoms with Crippen molar-refractivity contribution in [1.82, 2.24) is 10.2 Å². The molecule has 1 saturated heterocycles. The van der Waals surface area contributed by atoms with Crippen LogP contribution in [0, 0.1) is 5.92 Å². The van der Waals surface area contributed by atoms with Gasteiger partial charge in [0.1, 0.15) is 0 Å². The highest BCUT2D eigenvalue weighted by Gasteiger charge is 2.31. The maximum atomic E-state index is 12.7. The molecule has 2 atom stereocenters. The number of carbonyl (C=O) groups excluding carboxylic acids is 1. The van der Waals surface area contributed by atoms with Crippen molar-refractivity contribution in [2.24, 2.45) is 5.92 Å². The van der Waals surface area contributed by atoms with E-state index in [1.54, 1.807) is 0 Å². The van der Waals surface area contributed by atoms with Gasteiger partial charge >= 0.3 is 0 Å². The third-order valence-electron chi connectivity index (χ3n) is 3.94. The summed E-state index contributed by atoms with van der Waals surface area (Å²) in [6.45, 7) is 6.16. The number of nitrogens with zero attached hydrogens (tertiary/aromatic N) is 1. The Morgan fingerprint density at radius 2 is 2.11 bits per heavy atom. The largest absolute Gasteiger partial charge is 0.336 e. The van der Waals surface area contributed by atoms with Gasteiger partial charge in [-0.2, -0.15) is 0 Å². The number of carbonyl (C=O) groups is 1. The summed E-state index contributed by atoms with van der Waals surface area (Å²) in [5.74, 6) is 0.812. The number of rotatable bonds is 4. The van der Waals surface area contributed by atoms with Crippen molar-refractivity contribution >= 4 is 5.91 Å². The number of nitrogens with one attached hydrogen (secondary N) is 1. The van der Waals surface area contributed by atoms with E-state index in [2.05, 4.69) is 25.2 Å². The summed E-state index contributed by atoms with van der Waals surface area (Å²) in [4.78, 5) is 14.7. The molecule has 104 valence electrons. The first-order chi connectivity index (χ1) is 9.13. The molecule has 1 aliphatic heterocycles. The average Bonchev–Trinajstić information content (AvgIpc) is 2.75. The minimum atomic E-state index is 0.198. The lowest BCUT2D eigenvalue weighted by Crippen LogP contribution is -2.34. The highest BCUT2D eigenvalue weighted by molar-refractivity contribution is 5.96. The number of benzene rings is 1. The van der Waals surface area contributed by atoms with Crippen LogP contribution in [0.2, 0.25) is 0 Å². The van der Waals surface area contributed by atoms with Crippen molar-refractivity contribution in [2.75, 3.05) is 20.1 Å². The normalized spacial score (nSPS) is 22.8. The van der Waals surface area contributed by atoms with Gasteiger partial charge in [0.15, 0.2) is 0 Å². The summed E-state index contributed by atoms with van der Waals surface area (Å²) in [5, 5.41) is 3.14. The highest BCUT2D eigenvalue weighted by atomic mass is 16.2. The molecule has 0 saturated carbocycles. The zero-order valence-electron chi connectivity index (χ0n) is 12.1. The Kier molecular flexibility index (Phi) is 4.59. The van der Waals surface area contributed by atoms with Crippen LogP contribution in [0.25, 0.3) is 0 Å². The van der Waals surface area contributed by atoms with E-state index in [9.17, 15) is 4.79 Å². The molecule has 2 rings (SSSR count). The zero-order chi connectivity index (χ0) is 13.8. The van der Waals surface area contributed by atoms with Gasteiger partial charge in [0.25, 0.3) is 5.91 Å². The Morgan fingerprint density at radius 3 is 2.74 bits per heavy atom. The predicted molar refractivity (Wildman–Crippen MR) is 78.4 cm³/mol. The zero-order valence-corrected chi connectivity index (χ0v) is 12.1. The molecule has 3 heteroatoms. The summed E-state index contributed by atoms with van der Waals surface area (Å²) in [5.41, 5.74) is 2.02. The van der Waals surface area contributed by atoms with Gasteiger partial charge in [0, 0.05) is 18.2 Å². The number of hydrogen-bond acceptors (Lipinski definition) is 2. The number of hydrogen-bond donors (Lipinski definition) is 1. The van der Waals surface area contributed by atoms with E-state index in [1.165, 1.54) is 0 Å². The lowest BCUT2D eigenvalue weighted by atomic mass is 10.0. The molecule has 3 nitrogen and oxygen atoms in total. The molecular formula is C16H24N2O. The van der Waals surface area contributed by atoms with Crippen LogP contribution in [-0.2, 0) is 6.42 Å². The first kappa shape index (κ1) is 14.1. The molecule has 0 aromatic heterocycles. The Bertz CT molecular complexity index is 444. The highest BCUT2D eigenvalue weighted by Crippen LogP contribution is 2.25. The SMILES string of the molecule is CNCCc1ccccc1C(=O)N1CC(C)CC1C. The molecule has 1 aliphatic rings. The van der Waals surface area contributed by atoms with Gasteiger partial charge in [-0.1, -0.05) is 25.1 Å². The van der Waals surface area contributed by atoms with Crippen molar-refractivity contribution in [1.29, 1.82) is 0 Å². The Labute approximate surface area is 116 Å². The Morgan fingerprint density at radius 1 is 1.37 bits per heavy atom. The topological polar surface area (TPSA) is 32.3 Å². The van der Waals surface area contributed by atoms with Crippen molar-refractivity contribution in [3.63, 3.8) is 0 Å². The fourth-order valence-corrected chi connectivity index (χ4v) is 2.94. The third kappa shape index (κ3) is 3.16. The van der Waals surface area contributed by atoms with E-state index < -0.39 is 0 Å². The first-order valence-corrected chi connectivity index (χ1v) is 7.17. The Hall–Kier alpha value is -1.35. The van der Waals surface area contributed by atoms with Gasteiger partial charge in [-0.25, -0.2) is 0 Å². The first-order valence-electron chi connectivity index (χ1n) is 7.17. The quantitative estimate of drug-likeness (QED) is 0.901. The second kappa shape index (κ2) is 6.20. The fraction of sp³-hybridized carbons (Fsp3) is 0.562. The molecule has 0 bridgehead atoms. The molecule has 0 aliphatic carbocycles. The molecule has 1 N–H and O–H groups in total. The van der Waals surface area contributed by atoms with E-state index in [4.69, 9.17) is 0 Å². The Balaban J connectivity index is 2.19. The van der Waals surface area contributed by atoms with Crippen LogP contribution in [0.5, 0.6) is 0 Å². The summed E-state index contributed by atoms with van der Waals surface area (Å²) < 4.78 is 0. The van der Waals surface area contributed by atoms with Crippen molar-refractivity contribution in [3.8, 4) is 0 Å². The van der Waals surface area contributed by atoms with Crippen LogP contribution in [0.4, 0.5) is 0 Å². The van der Waals surface area contributed by atoms with E-state index in [1.807, 2.05) is 30.1 Å². The molecule has 1 heterocycles. The van der Waals surface area contributed by atoms with E-state index in [-0.39, 0.29) is 5.91 Å². The molecule has 0 radical (unpaired) electrons. The van der Waals surface area contributed by atoms with Crippen LogP contribution in [0.15, 0.2) is 24.3 Å². The van der Waals surface area contributed by atoms with Crippen LogP contribution in [0.1, 0.15) is 36.2 Å². The van der Waals surface area contributed by atoms with Crippen LogP contribution in [-0.4, -0.2) is 37.0 Å². The molecule has 1 aromatic rings. The van der Waals surface area contributed by atoms with E-state index >= 15 is 0 Å². The van der Waals surface area contributed by atoms with Gasteiger partial charge in [-0.3, -0.25) is 4.79 Å². The molecule has 0 spiro atoms. The molecule has 1 amide bonds. The molecule has 2 unspecified atom stereocenters. The summed E-state index contributed by atoms with van der Waals surface area (Å²) >= 11 is 0. The van der Waals surface area contributed by atoms with Crippen molar-refractivity contribution < 1.29 is 4.79 Å². The van der Waals surface area contributed by atoms with Crippen LogP contribution >= 0.6 is 0 Å². The van der Waals surface area contributed by atoms with Crippen LogP contribution < -0.4 is 5.32 Å². The smallest absolute Gasteiger partial charge is 0.254 e. The number of likely N-dealkylation sites (N-methyl/N-ethyl adjacent to an activating group) is 1. The fourth-order valence-electron chi connectivity index (χ4n) is 2.94. The van der Waals surface area contributed by atoms with Gasteiger partial charge in [0.05, 0.1) is 0 Å². The van der Waals surface area contributed by atoms with Crippen molar-refractivity contribution in [3.05, 3.63) is 35.4 Å². The second-order valence-electron chi connectivity index (χ2n) is 5.66. The van der Waals surface area contributed by atoms with Crippen molar-refractivity contribution in [2.45, 2.75) is 32.7 Å². The number of amides is 1. The summed E-state index contributed by atoms with van der Waals surface area (Å²) in [6, 6.07) is 8.36. The second-order valence-corrected chi connectivity index (χ2v) is 5.66. The van der Waals surface area contributed by atoms with Gasteiger partial charge < -0.3 is 10.2 Å². The third-order valence-corrected chi connectivity index (χ3v) is 3.94. The lowest BCUT2D eigenvalue weighted by molar-refractivity contribution is 0.0742. The van der Waals surface area contributed by atoms with E-state index in [0.29, 0.717) is 12.0 Å². The van der Waals surface area contributed by atoms with Gasteiger partial charge in [-0.05, 0) is 50.9 Å². The molecule has 19 heavy (non-hydrogen) atoms. The molecule has 1 aromatic carbocycles.